The number of sulfonamides is 1. The normalized spacial score (nSPS) is 18.9. The number of rotatable bonds is 5. The number of nitrogens with one attached hydrogen (secondary N) is 1. The van der Waals surface area contributed by atoms with Gasteiger partial charge in [-0.25, -0.2) is 13.1 Å². The Kier molecular flexibility index (Phi) is 6.54. The third-order valence-electron chi connectivity index (χ3n) is 5.51. The van der Waals surface area contributed by atoms with Crippen LogP contribution in [0.15, 0.2) is 17.0 Å². The fraction of sp³-hybridized carbons (Fsp3) is 0.700. The van der Waals surface area contributed by atoms with Crippen LogP contribution in [-0.4, -0.2) is 64.0 Å². The second-order valence-electron chi connectivity index (χ2n) is 8.71. The third kappa shape index (κ3) is 5.06. The Labute approximate surface area is 159 Å². The third-order valence-corrected chi connectivity index (χ3v) is 7.06. The highest BCUT2D eigenvalue weighted by atomic mass is 32.2. The molecular weight excluding hydrogens is 346 g/mol. The Balaban J connectivity index is 2.16. The van der Waals surface area contributed by atoms with Gasteiger partial charge in [0.1, 0.15) is 0 Å². The molecule has 6 heteroatoms. The van der Waals surface area contributed by atoms with E-state index >= 15 is 0 Å². The molecule has 5 nitrogen and oxygen atoms in total. The van der Waals surface area contributed by atoms with Crippen LogP contribution in [0.1, 0.15) is 44.4 Å². The van der Waals surface area contributed by atoms with Gasteiger partial charge in [-0.15, -0.1) is 0 Å². The van der Waals surface area contributed by atoms with Gasteiger partial charge >= 0.3 is 0 Å². The monoisotopic (exact) mass is 381 g/mol. The molecule has 1 heterocycles. The average Bonchev–Trinajstić information content (AvgIpc) is 2.54. The van der Waals surface area contributed by atoms with Gasteiger partial charge in [-0.3, -0.25) is 4.90 Å². The molecule has 0 radical (unpaired) electrons. The van der Waals surface area contributed by atoms with Gasteiger partial charge in [-0.05, 0) is 56.0 Å². The summed E-state index contributed by atoms with van der Waals surface area (Å²) < 4.78 is 28.8. The minimum Gasteiger partial charge on any atom is -0.304 e. The van der Waals surface area contributed by atoms with E-state index in [1.54, 1.807) is 0 Å². The molecule has 1 aromatic rings. The van der Waals surface area contributed by atoms with Gasteiger partial charge < -0.3 is 4.90 Å². The number of likely N-dealkylation sites (N-methyl/N-ethyl adjacent to an activating group) is 1. The van der Waals surface area contributed by atoms with Crippen molar-refractivity contribution in [2.45, 2.75) is 57.9 Å². The zero-order valence-electron chi connectivity index (χ0n) is 17.4. The SMILES string of the molecule is Cc1cc(C(C)(C)C)cc(S(=O)(=O)NCC(C)N2CCN(C)CC2)c1C. The van der Waals surface area contributed by atoms with E-state index in [2.05, 4.69) is 55.3 Å². The van der Waals surface area contributed by atoms with E-state index in [9.17, 15) is 8.42 Å². The molecule has 148 valence electrons. The maximum atomic E-state index is 13.0. The van der Waals surface area contributed by atoms with Crippen molar-refractivity contribution in [2.75, 3.05) is 39.8 Å². The molecule has 26 heavy (non-hydrogen) atoms. The highest BCUT2D eigenvalue weighted by Gasteiger charge is 2.25. The second kappa shape index (κ2) is 7.97. The fourth-order valence-electron chi connectivity index (χ4n) is 3.24. The van der Waals surface area contributed by atoms with Gasteiger partial charge in [0.15, 0.2) is 0 Å². The van der Waals surface area contributed by atoms with Crippen LogP contribution in [0, 0.1) is 13.8 Å². The summed E-state index contributed by atoms with van der Waals surface area (Å²) in [5.41, 5.74) is 2.81. The van der Waals surface area contributed by atoms with Crippen LogP contribution in [0.4, 0.5) is 0 Å². The minimum absolute atomic E-state index is 0.0875. The van der Waals surface area contributed by atoms with Crippen molar-refractivity contribution in [1.29, 1.82) is 0 Å². The van der Waals surface area contributed by atoms with Crippen molar-refractivity contribution >= 4 is 10.0 Å². The molecule has 0 aromatic heterocycles. The number of piperazine rings is 1. The van der Waals surface area contributed by atoms with Gasteiger partial charge in [0, 0.05) is 38.8 Å². The summed E-state index contributed by atoms with van der Waals surface area (Å²) in [4.78, 5) is 5.07. The van der Waals surface area contributed by atoms with Crippen LogP contribution in [0.2, 0.25) is 0 Å². The van der Waals surface area contributed by atoms with Crippen molar-refractivity contribution in [3.63, 3.8) is 0 Å². The maximum Gasteiger partial charge on any atom is 0.240 e. The molecule has 0 aliphatic carbocycles. The Hall–Kier alpha value is -0.950. The molecule has 0 amide bonds. The summed E-state index contributed by atoms with van der Waals surface area (Å²) in [7, 11) is -1.40. The average molecular weight is 382 g/mol. The predicted molar refractivity (Wildman–Crippen MR) is 108 cm³/mol. The Bertz CT molecular complexity index is 730. The first-order valence-corrected chi connectivity index (χ1v) is 10.9. The van der Waals surface area contributed by atoms with E-state index < -0.39 is 10.0 Å². The molecular formula is C20H35N3O2S. The lowest BCUT2D eigenvalue weighted by Gasteiger charge is -2.36. The molecule has 1 aliphatic rings. The van der Waals surface area contributed by atoms with E-state index in [-0.39, 0.29) is 11.5 Å². The molecule has 1 saturated heterocycles. The molecule has 1 aromatic carbocycles. The number of aryl methyl sites for hydroxylation is 1. The Morgan fingerprint density at radius 1 is 1.12 bits per heavy atom. The first-order valence-electron chi connectivity index (χ1n) is 9.46. The van der Waals surface area contributed by atoms with E-state index in [0.717, 1.165) is 42.9 Å². The van der Waals surface area contributed by atoms with E-state index in [1.165, 1.54) is 0 Å². The van der Waals surface area contributed by atoms with Crippen molar-refractivity contribution in [1.82, 2.24) is 14.5 Å². The van der Waals surface area contributed by atoms with Crippen LogP contribution < -0.4 is 4.72 Å². The highest BCUT2D eigenvalue weighted by Crippen LogP contribution is 2.29. The lowest BCUT2D eigenvalue weighted by Crippen LogP contribution is -2.51. The summed E-state index contributed by atoms with van der Waals surface area (Å²) >= 11 is 0. The van der Waals surface area contributed by atoms with E-state index in [1.807, 2.05) is 19.9 Å². The molecule has 1 N–H and O–H groups in total. The summed E-state index contributed by atoms with van der Waals surface area (Å²) in [6.45, 7) is 16.8. The number of hydrogen-bond acceptors (Lipinski definition) is 4. The molecule has 1 unspecified atom stereocenters. The summed E-state index contributed by atoms with van der Waals surface area (Å²) in [5, 5.41) is 0. The topological polar surface area (TPSA) is 52.7 Å². The summed E-state index contributed by atoms with van der Waals surface area (Å²) in [6, 6.07) is 4.12. The van der Waals surface area contributed by atoms with Gasteiger partial charge in [0.25, 0.3) is 0 Å². The summed E-state index contributed by atoms with van der Waals surface area (Å²) in [6.07, 6.45) is 0. The van der Waals surface area contributed by atoms with Crippen molar-refractivity contribution in [3.8, 4) is 0 Å². The number of benzene rings is 1. The van der Waals surface area contributed by atoms with Crippen molar-refractivity contribution in [3.05, 3.63) is 28.8 Å². The molecule has 1 fully saturated rings. The van der Waals surface area contributed by atoms with Crippen molar-refractivity contribution < 1.29 is 8.42 Å². The van der Waals surface area contributed by atoms with Gasteiger partial charge in [0.05, 0.1) is 4.90 Å². The minimum atomic E-state index is -3.53. The molecule has 0 saturated carbocycles. The predicted octanol–water partition coefficient (Wildman–Crippen LogP) is 2.52. The van der Waals surface area contributed by atoms with Gasteiger partial charge in [-0.2, -0.15) is 0 Å². The molecule has 0 bridgehead atoms. The van der Waals surface area contributed by atoms with Crippen LogP contribution in [0.5, 0.6) is 0 Å². The van der Waals surface area contributed by atoms with E-state index in [0.29, 0.717) is 11.4 Å². The lowest BCUT2D eigenvalue weighted by molar-refractivity contribution is 0.120. The second-order valence-corrected chi connectivity index (χ2v) is 10.4. The largest absolute Gasteiger partial charge is 0.304 e. The fourth-order valence-corrected chi connectivity index (χ4v) is 4.70. The zero-order valence-corrected chi connectivity index (χ0v) is 18.2. The lowest BCUT2D eigenvalue weighted by atomic mass is 9.85. The van der Waals surface area contributed by atoms with Crippen LogP contribution >= 0.6 is 0 Å². The smallest absolute Gasteiger partial charge is 0.240 e. The summed E-state index contributed by atoms with van der Waals surface area (Å²) in [5.74, 6) is 0. The van der Waals surface area contributed by atoms with Crippen LogP contribution in [-0.2, 0) is 15.4 Å². The molecule has 0 spiro atoms. The zero-order chi connectivity index (χ0) is 19.7. The van der Waals surface area contributed by atoms with Gasteiger partial charge in [-0.1, -0.05) is 26.8 Å². The molecule has 1 aliphatic heterocycles. The Morgan fingerprint density at radius 3 is 2.23 bits per heavy atom. The number of hydrogen-bond donors (Lipinski definition) is 1. The highest BCUT2D eigenvalue weighted by molar-refractivity contribution is 7.89. The van der Waals surface area contributed by atoms with Crippen molar-refractivity contribution in [2.24, 2.45) is 0 Å². The number of nitrogens with zero attached hydrogens (tertiary/aromatic N) is 2. The Morgan fingerprint density at radius 2 is 1.69 bits per heavy atom. The first kappa shape index (κ1) is 21.4. The maximum absolute atomic E-state index is 13.0. The van der Waals surface area contributed by atoms with Crippen LogP contribution in [0.25, 0.3) is 0 Å². The quantitative estimate of drug-likeness (QED) is 0.851. The molecule has 2 rings (SSSR count). The van der Waals surface area contributed by atoms with Crippen LogP contribution in [0.3, 0.4) is 0 Å². The molecule has 1 atom stereocenters. The van der Waals surface area contributed by atoms with E-state index in [4.69, 9.17) is 0 Å². The standard InChI is InChI=1S/C20H35N3O2S/c1-15-12-18(20(4,5)6)13-19(17(15)3)26(24,25)21-14-16(2)23-10-8-22(7)9-11-23/h12-13,16,21H,8-11,14H2,1-7H3. The first-order chi connectivity index (χ1) is 11.9. The van der Waals surface area contributed by atoms with Gasteiger partial charge in [0.2, 0.25) is 10.0 Å².